The van der Waals surface area contributed by atoms with E-state index in [2.05, 4.69) is 16.3 Å². The zero-order chi connectivity index (χ0) is 10.7. The first-order valence-corrected chi connectivity index (χ1v) is 4.35. The van der Waals surface area contributed by atoms with E-state index in [9.17, 15) is 0 Å². The van der Waals surface area contributed by atoms with E-state index in [0.717, 1.165) is 5.69 Å². The van der Waals surface area contributed by atoms with Crippen molar-refractivity contribution in [1.82, 2.24) is 14.8 Å². The van der Waals surface area contributed by atoms with Crippen LogP contribution in [0.25, 0.3) is 5.69 Å². The molecule has 1 aromatic heterocycles. The maximum atomic E-state index is 9.01. The number of rotatable bonds is 2. The highest BCUT2D eigenvalue weighted by molar-refractivity contribution is 5.41. The van der Waals surface area contributed by atoms with Crippen LogP contribution >= 0.6 is 0 Å². The minimum absolute atomic E-state index is 0.184. The van der Waals surface area contributed by atoms with Crippen LogP contribution in [0.1, 0.15) is 11.4 Å². The Balaban J connectivity index is 2.50. The third-order valence-electron chi connectivity index (χ3n) is 2.01. The first-order valence-electron chi connectivity index (χ1n) is 4.35. The monoisotopic (exact) mass is 200 g/mol. The number of hydrogen-bond donors (Lipinski definition) is 1. The van der Waals surface area contributed by atoms with E-state index in [0.29, 0.717) is 11.4 Å². The second-order valence-corrected chi connectivity index (χ2v) is 2.94. The molecule has 0 spiro atoms. The summed E-state index contributed by atoms with van der Waals surface area (Å²) in [7, 11) is 0. The summed E-state index contributed by atoms with van der Waals surface area (Å²) in [5.74, 6) is 0.449. The van der Waals surface area contributed by atoms with E-state index >= 15 is 0 Å². The summed E-state index contributed by atoms with van der Waals surface area (Å²) in [4.78, 5) is 0. The molecule has 5 heteroatoms. The fourth-order valence-corrected chi connectivity index (χ4v) is 1.31. The minimum atomic E-state index is -0.184. The Hall–Kier alpha value is -2.19. The third kappa shape index (κ3) is 1.71. The van der Waals surface area contributed by atoms with Crippen molar-refractivity contribution < 1.29 is 5.11 Å². The number of nitrogens with zero attached hydrogens (tertiary/aromatic N) is 4. The van der Waals surface area contributed by atoms with E-state index in [1.165, 1.54) is 6.33 Å². The predicted molar refractivity (Wildman–Crippen MR) is 52.0 cm³/mol. The maximum absolute atomic E-state index is 9.01. The fourth-order valence-electron chi connectivity index (χ4n) is 1.31. The molecule has 0 aliphatic carbocycles. The van der Waals surface area contributed by atoms with E-state index in [4.69, 9.17) is 10.4 Å². The van der Waals surface area contributed by atoms with Gasteiger partial charge < -0.3 is 5.11 Å². The van der Waals surface area contributed by atoms with Crippen LogP contribution in [0.5, 0.6) is 0 Å². The minimum Gasteiger partial charge on any atom is -0.388 e. The number of aliphatic hydroxyl groups excluding tert-OH is 1. The summed E-state index contributed by atoms with van der Waals surface area (Å²) in [6, 6.07) is 9.07. The van der Waals surface area contributed by atoms with Gasteiger partial charge in [-0.15, -0.1) is 10.2 Å². The summed E-state index contributed by atoms with van der Waals surface area (Å²) in [5.41, 5.74) is 1.33. The van der Waals surface area contributed by atoms with Crippen LogP contribution in [0.15, 0.2) is 30.6 Å². The van der Waals surface area contributed by atoms with E-state index in [-0.39, 0.29) is 6.61 Å². The van der Waals surface area contributed by atoms with Gasteiger partial charge in [0.1, 0.15) is 12.9 Å². The highest BCUT2D eigenvalue weighted by Gasteiger charge is 2.04. The van der Waals surface area contributed by atoms with Crippen LogP contribution in [-0.4, -0.2) is 19.9 Å². The molecule has 0 unspecified atom stereocenters. The lowest BCUT2D eigenvalue weighted by atomic mass is 10.2. The number of aromatic nitrogens is 3. The Kier molecular flexibility index (Phi) is 2.44. The Bertz CT molecular complexity index is 512. The standard InChI is InChI=1S/C10H8N4O/c11-5-8-2-1-3-9(4-8)14-7-12-13-10(14)6-15/h1-4,7,15H,6H2. The van der Waals surface area contributed by atoms with Gasteiger partial charge in [-0.1, -0.05) is 6.07 Å². The first kappa shape index (κ1) is 9.37. The molecule has 0 aliphatic rings. The molecule has 0 saturated carbocycles. The molecule has 0 aliphatic heterocycles. The molecule has 74 valence electrons. The van der Waals surface area contributed by atoms with E-state index < -0.39 is 0 Å². The summed E-state index contributed by atoms with van der Waals surface area (Å²) in [6.07, 6.45) is 1.50. The molecule has 0 atom stereocenters. The Labute approximate surface area is 86.2 Å². The molecule has 0 saturated heterocycles. The van der Waals surface area contributed by atoms with Crippen LogP contribution in [0.2, 0.25) is 0 Å². The van der Waals surface area contributed by atoms with Crippen molar-refractivity contribution in [3.63, 3.8) is 0 Å². The molecule has 15 heavy (non-hydrogen) atoms. The van der Waals surface area contributed by atoms with Crippen molar-refractivity contribution in [2.45, 2.75) is 6.61 Å². The van der Waals surface area contributed by atoms with Gasteiger partial charge in [-0.25, -0.2) is 0 Å². The molecule has 0 radical (unpaired) electrons. The average molecular weight is 200 g/mol. The van der Waals surface area contributed by atoms with Crippen molar-refractivity contribution in [2.75, 3.05) is 0 Å². The van der Waals surface area contributed by atoms with Crippen LogP contribution < -0.4 is 0 Å². The van der Waals surface area contributed by atoms with Gasteiger partial charge in [-0.2, -0.15) is 5.26 Å². The predicted octanol–water partition coefficient (Wildman–Crippen LogP) is 0.631. The van der Waals surface area contributed by atoms with E-state index in [1.54, 1.807) is 22.8 Å². The zero-order valence-electron chi connectivity index (χ0n) is 7.83. The molecule has 1 aromatic carbocycles. The van der Waals surface area contributed by atoms with Gasteiger partial charge in [0.05, 0.1) is 11.6 Å². The quantitative estimate of drug-likeness (QED) is 0.771. The van der Waals surface area contributed by atoms with Crippen LogP contribution in [0, 0.1) is 11.3 Å². The van der Waals surface area contributed by atoms with Crippen LogP contribution in [-0.2, 0) is 6.61 Å². The van der Waals surface area contributed by atoms with Crippen LogP contribution in [0.4, 0.5) is 0 Å². The van der Waals surface area contributed by atoms with Gasteiger partial charge in [0.2, 0.25) is 0 Å². The lowest BCUT2D eigenvalue weighted by Crippen LogP contribution is -2.00. The zero-order valence-corrected chi connectivity index (χ0v) is 7.83. The summed E-state index contributed by atoms with van der Waals surface area (Å²) in [5, 5.41) is 25.2. The molecule has 2 rings (SSSR count). The molecule has 1 N–H and O–H groups in total. The van der Waals surface area contributed by atoms with Gasteiger partial charge in [-0.05, 0) is 18.2 Å². The Morgan fingerprint density at radius 3 is 3.07 bits per heavy atom. The SMILES string of the molecule is N#Cc1cccc(-n2cnnc2CO)c1. The second-order valence-electron chi connectivity index (χ2n) is 2.94. The average Bonchev–Trinajstić information content (AvgIpc) is 2.77. The van der Waals surface area contributed by atoms with Crippen molar-refractivity contribution in [1.29, 1.82) is 5.26 Å². The van der Waals surface area contributed by atoms with Crippen molar-refractivity contribution in [3.8, 4) is 11.8 Å². The van der Waals surface area contributed by atoms with Crippen molar-refractivity contribution in [2.24, 2.45) is 0 Å². The third-order valence-corrected chi connectivity index (χ3v) is 2.01. The molecule has 0 amide bonds. The molecule has 2 aromatic rings. The fraction of sp³-hybridized carbons (Fsp3) is 0.100. The lowest BCUT2D eigenvalue weighted by Gasteiger charge is -2.04. The molecular weight excluding hydrogens is 192 g/mol. The normalized spacial score (nSPS) is 9.87. The van der Waals surface area contributed by atoms with E-state index in [1.807, 2.05) is 6.07 Å². The molecule has 0 bridgehead atoms. The van der Waals surface area contributed by atoms with Gasteiger partial charge in [0.15, 0.2) is 5.82 Å². The number of nitriles is 1. The molecular formula is C10H8N4O. The maximum Gasteiger partial charge on any atom is 0.163 e. The summed E-state index contributed by atoms with van der Waals surface area (Å²) >= 11 is 0. The first-order chi connectivity index (χ1) is 7.35. The summed E-state index contributed by atoms with van der Waals surface area (Å²) in [6.45, 7) is -0.184. The van der Waals surface area contributed by atoms with Gasteiger partial charge in [0, 0.05) is 5.69 Å². The van der Waals surface area contributed by atoms with Crippen molar-refractivity contribution in [3.05, 3.63) is 42.0 Å². The Morgan fingerprint density at radius 2 is 2.33 bits per heavy atom. The molecule has 1 heterocycles. The number of benzene rings is 1. The van der Waals surface area contributed by atoms with Crippen LogP contribution in [0.3, 0.4) is 0 Å². The second kappa shape index (κ2) is 3.90. The lowest BCUT2D eigenvalue weighted by molar-refractivity contribution is 0.269. The highest BCUT2D eigenvalue weighted by Crippen LogP contribution is 2.11. The largest absolute Gasteiger partial charge is 0.388 e. The summed E-state index contributed by atoms with van der Waals surface area (Å²) < 4.78 is 1.64. The Morgan fingerprint density at radius 1 is 1.47 bits per heavy atom. The smallest absolute Gasteiger partial charge is 0.163 e. The topological polar surface area (TPSA) is 74.7 Å². The number of hydrogen-bond acceptors (Lipinski definition) is 4. The van der Waals surface area contributed by atoms with Crippen molar-refractivity contribution >= 4 is 0 Å². The molecule has 5 nitrogen and oxygen atoms in total. The highest BCUT2D eigenvalue weighted by atomic mass is 16.3. The van der Waals surface area contributed by atoms with Gasteiger partial charge in [-0.3, -0.25) is 4.57 Å². The van der Waals surface area contributed by atoms with Gasteiger partial charge >= 0.3 is 0 Å². The molecule has 0 fully saturated rings. The van der Waals surface area contributed by atoms with Gasteiger partial charge in [0.25, 0.3) is 0 Å². The number of aliphatic hydroxyl groups is 1.